The van der Waals surface area contributed by atoms with Crippen LogP contribution in [0.3, 0.4) is 0 Å². The molecule has 2 N–H and O–H groups in total. The van der Waals surface area contributed by atoms with Gasteiger partial charge in [-0.3, -0.25) is 4.79 Å². The standard InChI is InChI=1S/C18H26N4O3/c1-18(24-2,11-25-16(23)10-13-4-3-5-13)9-8-14-6-7-15-17(19)20-12-21-22(14)15/h6-7,12-13H,3-5,8-11H2,1-2H3,(H2,19,20,21)/t18-/m0/s1. The van der Waals surface area contributed by atoms with E-state index in [9.17, 15) is 4.79 Å². The fraction of sp³-hybridized carbons (Fsp3) is 0.611. The SMILES string of the molecule is CO[C@@](C)(CCc1ccc2c(N)ncnn12)COC(=O)CC1CCC1. The lowest BCUT2D eigenvalue weighted by atomic mass is 9.83. The Labute approximate surface area is 147 Å². The second-order valence-electron chi connectivity index (χ2n) is 7.08. The van der Waals surface area contributed by atoms with Crippen molar-refractivity contribution in [3.8, 4) is 0 Å². The van der Waals surface area contributed by atoms with Crippen LogP contribution >= 0.6 is 0 Å². The number of esters is 1. The number of carbonyl (C=O) groups is 1. The number of ether oxygens (including phenoxy) is 2. The Bertz CT molecular complexity index is 741. The highest BCUT2D eigenvalue weighted by atomic mass is 16.6. The molecule has 0 radical (unpaired) electrons. The number of nitrogen functional groups attached to an aromatic ring is 1. The lowest BCUT2D eigenvalue weighted by Crippen LogP contribution is -2.35. The summed E-state index contributed by atoms with van der Waals surface area (Å²) < 4.78 is 12.9. The molecule has 1 saturated carbocycles. The van der Waals surface area contributed by atoms with Gasteiger partial charge in [-0.1, -0.05) is 6.42 Å². The minimum Gasteiger partial charge on any atom is -0.463 e. The van der Waals surface area contributed by atoms with Crippen molar-refractivity contribution in [1.29, 1.82) is 0 Å². The molecule has 25 heavy (non-hydrogen) atoms. The zero-order valence-electron chi connectivity index (χ0n) is 14.9. The minimum atomic E-state index is -0.530. The fourth-order valence-electron chi connectivity index (χ4n) is 3.05. The highest BCUT2D eigenvalue weighted by molar-refractivity contribution is 5.69. The second-order valence-corrected chi connectivity index (χ2v) is 7.08. The highest BCUT2D eigenvalue weighted by Gasteiger charge is 2.28. The van der Waals surface area contributed by atoms with Crippen LogP contribution in [0, 0.1) is 5.92 Å². The molecule has 0 bridgehead atoms. The number of carbonyl (C=O) groups excluding carboxylic acids is 1. The van der Waals surface area contributed by atoms with Crippen LogP contribution in [-0.2, 0) is 20.7 Å². The Kier molecular flexibility index (Phi) is 5.22. The van der Waals surface area contributed by atoms with Crippen LogP contribution in [0.2, 0.25) is 0 Å². The average molecular weight is 346 g/mol. The molecule has 7 nitrogen and oxygen atoms in total. The summed E-state index contributed by atoms with van der Waals surface area (Å²) in [7, 11) is 1.65. The van der Waals surface area contributed by atoms with Crippen molar-refractivity contribution in [2.24, 2.45) is 5.92 Å². The Morgan fingerprint density at radius 2 is 2.24 bits per heavy atom. The van der Waals surface area contributed by atoms with E-state index in [1.807, 2.05) is 19.1 Å². The quantitative estimate of drug-likeness (QED) is 0.738. The van der Waals surface area contributed by atoms with E-state index < -0.39 is 5.60 Å². The predicted octanol–water partition coefficient (Wildman–Crippen LogP) is 2.38. The first-order valence-electron chi connectivity index (χ1n) is 8.78. The first kappa shape index (κ1) is 17.7. The molecule has 2 heterocycles. The molecule has 0 saturated heterocycles. The smallest absolute Gasteiger partial charge is 0.306 e. The van der Waals surface area contributed by atoms with Gasteiger partial charge in [0.1, 0.15) is 18.5 Å². The van der Waals surface area contributed by atoms with Gasteiger partial charge in [-0.05, 0) is 50.7 Å². The predicted molar refractivity (Wildman–Crippen MR) is 94.1 cm³/mol. The molecule has 136 valence electrons. The van der Waals surface area contributed by atoms with Crippen LogP contribution in [0.15, 0.2) is 18.5 Å². The number of nitrogens with two attached hydrogens (primary N) is 1. The van der Waals surface area contributed by atoms with Crippen LogP contribution < -0.4 is 5.73 Å². The summed E-state index contributed by atoms with van der Waals surface area (Å²) in [6, 6.07) is 3.90. The lowest BCUT2D eigenvalue weighted by Gasteiger charge is -2.29. The van der Waals surface area contributed by atoms with Crippen molar-refractivity contribution >= 4 is 17.3 Å². The van der Waals surface area contributed by atoms with Gasteiger partial charge < -0.3 is 15.2 Å². The van der Waals surface area contributed by atoms with Crippen molar-refractivity contribution in [2.45, 2.75) is 51.0 Å². The summed E-state index contributed by atoms with van der Waals surface area (Å²) in [6.07, 6.45) is 6.92. The van der Waals surface area contributed by atoms with E-state index in [4.69, 9.17) is 15.2 Å². The minimum absolute atomic E-state index is 0.123. The van der Waals surface area contributed by atoms with E-state index >= 15 is 0 Å². The van der Waals surface area contributed by atoms with E-state index in [0.29, 0.717) is 24.6 Å². The molecule has 1 atom stereocenters. The summed E-state index contributed by atoms with van der Waals surface area (Å²) in [5.74, 6) is 0.848. The molecule has 0 spiro atoms. The molecule has 0 amide bonds. The summed E-state index contributed by atoms with van der Waals surface area (Å²) in [5.41, 5.74) is 7.15. The maximum Gasteiger partial charge on any atom is 0.306 e. The fourth-order valence-corrected chi connectivity index (χ4v) is 3.05. The van der Waals surface area contributed by atoms with E-state index in [2.05, 4.69) is 10.1 Å². The van der Waals surface area contributed by atoms with Gasteiger partial charge in [0.05, 0.1) is 5.60 Å². The highest BCUT2D eigenvalue weighted by Crippen LogP contribution is 2.30. The number of fused-ring (bicyclic) bond motifs is 1. The van der Waals surface area contributed by atoms with Crippen LogP contribution in [0.1, 0.15) is 44.7 Å². The van der Waals surface area contributed by atoms with Crippen molar-refractivity contribution in [3.63, 3.8) is 0 Å². The van der Waals surface area contributed by atoms with Crippen molar-refractivity contribution < 1.29 is 14.3 Å². The van der Waals surface area contributed by atoms with Gasteiger partial charge in [0, 0.05) is 19.2 Å². The Morgan fingerprint density at radius 1 is 1.44 bits per heavy atom. The normalized spacial score (nSPS) is 17.2. The van der Waals surface area contributed by atoms with Crippen molar-refractivity contribution in [3.05, 3.63) is 24.2 Å². The lowest BCUT2D eigenvalue weighted by molar-refractivity contribution is -0.154. The van der Waals surface area contributed by atoms with Gasteiger partial charge in [-0.2, -0.15) is 5.10 Å². The maximum absolute atomic E-state index is 11.9. The number of hydrogen-bond acceptors (Lipinski definition) is 6. The van der Waals surface area contributed by atoms with Gasteiger partial charge in [0.15, 0.2) is 5.82 Å². The molecule has 2 aromatic heterocycles. The monoisotopic (exact) mass is 346 g/mol. The van der Waals surface area contributed by atoms with Gasteiger partial charge in [0.25, 0.3) is 0 Å². The van der Waals surface area contributed by atoms with Crippen LogP contribution in [0.4, 0.5) is 5.82 Å². The number of nitrogens with zero attached hydrogens (tertiary/aromatic N) is 3. The Hall–Kier alpha value is -2.15. The van der Waals surface area contributed by atoms with Gasteiger partial charge in [-0.25, -0.2) is 9.50 Å². The topological polar surface area (TPSA) is 91.7 Å². The summed E-state index contributed by atoms with van der Waals surface area (Å²) in [6.45, 7) is 2.22. The van der Waals surface area contributed by atoms with Crippen LogP contribution in [0.5, 0.6) is 0 Å². The summed E-state index contributed by atoms with van der Waals surface area (Å²) in [5, 5.41) is 4.25. The third kappa shape index (κ3) is 4.10. The molecule has 0 unspecified atom stereocenters. The number of hydrogen-bond donors (Lipinski definition) is 1. The second kappa shape index (κ2) is 7.39. The molecule has 1 aliphatic rings. The molecule has 7 heteroatoms. The third-order valence-electron chi connectivity index (χ3n) is 5.18. The van der Waals surface area contributed by atoms with Gasteiger partial charge >= 0.3 is 5.97 Å². The van der Waals surface area contributed by atoms with E-state index in [0.717, 1.165) is 30.5 Å². The molecule has 1 fully saturated rings. The largest absolute Gasteiger partial charge is 0.463 e. The summed E-state index contributed by atoms with van der Waals surface area (Å²) >= 11 is 0. The number of anilines is 1. The molecule has 0 aliphatic heterocycles. The van der Waals surface area contributed by atoms with Gasteiger partial charge in [-0.15, -0.1) is 0 Å². The zero-order valence-corrected chi connectivity index (χ0v) is 14.9. The molecule has 0 aromatic carbocycles. The number of methoxy groups -OCH3 is 1. The first-order valence-corrected chi connectivity index (χ1v) is 8.78. The third-order valence-corrected chi connectivity index (χ3v) is 5.18. The zero-order chi connectivity index (χ0) is 17.9. The molecule has 1 aliphatic carbocycles. The molecule has 3 rings (SSSR count). The van der Waals surface area contributed by atoms with Crippen molar-refractivity contribution in [2.75, 3.05) is 19.5 Å². The molecule has 2 aromatic rings. The molecular formula is C18H26N4O3. The maximum atomic E-state index is 11.9. The van der Waals surface area contributed by atoms with E-state index in [-0.39, 0.29) is 12.6 Å². The number of aryl methyl sites for hydroxylation is 1. The van der Waals surface area contributed by atoms with Crippen molar-refractivity contribution in [1.82, 2.24) is 14.6 Å². The Morgan fingerprint density at radius 3 is 2.92 bits per heavy atom. The Balaban J connectivity index is 1.56. The molecular weight excluding hydrogens is 320 g/mol. The summed E-state index contributed by atoms with van der Waals surface area (Å²) in [4.78, 5) is 15.9. The first-order chi connectivity index (χ1) is 12.0. The van der Waals surface area contributed by atoms with E-state index in [1.54, 1.807) is 11.6 Å². The number of aromatic nitrogens is 3. The van der Waals surface area contributed by atoms with Crippen LogP contribution in [-0.4, -0.2) is 39.9 Å². The van der Waals surface area contributed by atoms with E-state index in [1.165, 1.54) is 12.7 Å². The number of rotatable bonds is 8. The van der Waals surface area contributed by atoms with Gasteiger partial charge in [0.2, 0.25) is 0 Å². The van der Waals surface area contributed by atoms with Crippen LogP contribution in [0.25, 0.3) is 5.52 Å². The average Bonchev–Trinajstić information content (AvgIpc) is 2.99.